The number of amides is 1. The minimum absolute atomic E-state index is 0.0282. The lowest BCUT2D eigenvalue weighted by Gasteiger charge is -2.12. The quantitative estimate of drug-likeness (QED) is 0.823. The molecule has 0 bridgehead atoms. The second-order valence-electron chi connectivity index (χ2n) is 5.63. The molecule has 0 heterocycles. The zero-order valence-electron chi connectivity index (χ0n) is 13.3. The van der Waals surface area contributed by atoms with Crippen LogP contribution >= 0.6 is 0 Å². The average Bonchev–Trinajstić information content (AvgIpc) is 2.54. The first kappa shape index (κ1) is 17.2. The van der Waals surface area contributed by atoms with Crippen LogP contribution in [0.4, 0.5) is 4.39 Å². The average molecular weight is 315 g/mol. The first-order chi connectivity index (χ1) is 11.1. The van der Waals surface area contributed by atoms with Gasteiger partial charge in [-0.05, 0) is 48.6 Å². The van der Waals surface area contributed by atoms with Crippen LogP contribution in [0.3, 0.4) is 0 Å². The lowest BCUT2D eigenvalue weighted by Crippen LogP contribution is -2.25. The van der Waals surface area contributed by atoms with Gasteiger partial charge < -0.3 is 10.4 Å². The highest BCUT2D eigenvalue weighted by molar-refractivity contribution is 5.76. The molecule has 2 aromatic rings. The van der Waals surface area contributed by atoms with Gasteiger partial charge in [0.2, 0.25) is 5.91 Å². The Morgan fingerprint density at radius 1 is 1.17 bits per heavy atom. The number of nitrogens with one attached hydrogen (secondary N) is 1. The molecule has 2 aromatic carbocycles. The monoisotopic (exact) mass is 315 g/mol. The summed E-state index contributed by atoms with van der Waals surface area (Å²) < 4.78 is 12.8. The number of aliphatic hydroxyl groups is 1. The van der Waals surface area contributed by atoms with Crippen LogP contribution in [0.2, 0.25) is 0 Å². The Labute approximate surface area is 136 Å². The van der Waals surface area contributed by atoms with Crippen LogP contribution < -0.4 is 5.32 Å². The summed E-state index contributed by atoms with van der Waals surface area (Å²) in [5.41, 5.74) is 3.02. The van der Waals surface area contributed by atoms with Crippen LogP contribution in [0, 0.1) is 12.7 Å². The summed E-state index contributed by atoms with van der Waals surface area (Å²) in [6, 6.07) is 13.8. The zero-order chi connectivity index (χ0) is 16.7. The fourth-order valence-corrected chi connectivity index (χ4v) is 2.43. The third-order valence-electron chi connectivity index (χ3n) is 3.88. The molecule has 23 heavy (non-hydrogen) atoms. The van der Waals surface area contributed by atoms with Gasteiger partial charge in [0.15, 0.2) is 0 Å². The summed E-state index contributed by atoms with van der Waals surface area (Å²) >= 11 is 0. The molecule has 0 aromatic heterocycles. The maximum absolute atomic E-state index is 12.8. The number of hydrogen-bond donors (Lipinski definition) is 2. The SMILES string of the molecule is Cc1ccccc1CCC(=O)NCCC(O)c1ccc(F)cc1. The van der Waals surface area contributed by atoms with Crippen molar-refractivity contribution >= 4 is 5.91 Å². The molecule has 0 spiro atoms. The first-order valence-electron chi connectivity index (χ1n) is 7.81. The van der Waals surface area contributed by atoms with E-state index in [2.05, 4.69) is 5.32 Å². The van der Waals surface area contributed by atoms with Crippen molar-refractivity contribution in [2.45, 2.75) is 32.3 Å². The Balaban J connectivity index is 1.70. The van der Waals surface area contributed by atoms with E-state index in [1.807, 2.05) is 31.2 Å². The molecule has 1 unspecified atom stereocenters. The van der Waals surface area contributed by atoms with Crippen molar-refractivity contribution in [1.29, 1.82) is 0 Å². The van der Waals surface area contributed by atoms with Crippen LogP contribution in [-0.4, -0.2) is 17.6 Å². The number of aliphatic hydroxyl groups excluding tert-OH is 1. The Morgan fingerprint density at radius 3 is 2.57 bits per heavy atom. The van der Waals surface area contributed by atoms with E-state index < -0.39 is 6.10 Å². The van der Waals surface area contributed by atoms with Gasteiger partial charge in [0, 0.05) is 13.0 Å². The summed E-state index contributed by atoms with van der Waals surface area (Å²) in [7, 11) is 0. The molecule has 1 amide bonds. The van der Waals surface area contributed by atoms with E-state index in [4.69, 9.17) is 0 Å². The van der Waals surface area contributed by atoms with Gasteiger partial charge in [0.05, 0.1) is 6.10 Å². The smallest absolute Gasteiger partial charge is 0.220 e. The normalized spacial score (nSPS) is 12.0. The highest BCUT2D eigenvalue weighted by atomic mass is 19.1. The van der Waals surface area contributed by atoms with Crippen molar-refractivity contribution in [3.63, 3.8) is 0 Å². The fraction of sp³-hybridized carbons (Fsp3) is 0.316. The van der Waals surface area contributed by atoms with Gasteiger partial charge in [-0.25, -0.2) is 4.39 Å². The van der Waals surface area contributed by atoms with E-state index in [9.17, 15) is 14.3 Å². The predicted molar refractivity (Wildman–Crippen MR) is 88.5 cm³/mol. The molecule has 2 N–H and O–H groups in total. The Hall–Kier alpha value is -2.20. The lowest BCUT2D eigenvalue weighted by atomic mass is 10.0. The molecule has 122 valence electrons. The van der Waals surface area contributed by atoms with Crippen molar-refractivity contribution in [3.8, 4) is 0 Å². The lowest BCUT2D eigenvalue weighted by molar-refractivity contribution is -0.121. The molecule has 1 atom stereocenters. The maximum atomic E-state index is 12.8. The van der Waals surface area contributed by atoms with Gasteiger partial charge in [0.1, 0.15) is 5.82 Å². The van der Waals surface area contributed by atoms with E-state index in [1.165, 1.54) is 23.3 Å². The van der Waals surface area contributed by atoms with Gasteiger partial charge in [-0.15, -0.1) is 0 Å². The summed E-state index contributed by atoms with van der Waals surface area (Å²) in [4.78, 5) is 11.8. The van der Waals surface area contributed by atoms with E-state index in [-0.39, 0.29) is 11.7 Å². The minimum atomic E-state index is -0.702. The number of halogens is 1. The van der Waals surface area contributed by atoms with Gasteiger partial charge in [0.25, 0.3) is 0 Å². The van der Waals surface area contributed by atoms with Crippen molar-refractivity contribution in [2.24, 2.45) is 0 Å². The maximum Gasteiger partial charge on any atom is 0.220 e. The van der Waals surface area contributed by atoms with E-state index >= 15 is 0 Å². The van der Waals surface area contributed by atoms with Gasteiger partial charge in [-0.3, -0.25) is 4.79 Å². The third kappa shape index (κ3) is 5.49. The fourth-order valence-electron chi connectivity index (χ4n) is 2.43. The second-order valence-corrected chi connectivity index (χ2v) is 5.63. The molecular weight excluding hydrogens is 293 g/mol. The Morgan fingerprint density at radius 2 is 1.87 bits per heavy atom. The zero-order valence-corrected chi connectivity index (χ0v) is 13.3. The molecule has 3 nitrogen and oxygen atoms in total. The molecule has 0 fully saturated rings. The van der Waals surface area contributed by atoms with Crippen LogP contribution in [-0.2, 0) is 11.2 Å². The van der Waals surface area contributed by atoms with Crippen molar-refractivity contribution in [1.82, 2.24) is 5.32 Å². The summed E-state index contributed by atoms with van der Waals surface area (Å²) in [5.74, 6) is -0.356. The summed E-state index contributed by atoms with van der Waals surface area (Å²) in [6.07, 6.45) is 0.838. The number of carbonyl (C=O) groups is 1. The molecule has 2 rings (SSSR count). The first-order valence-corrected chi connectivity index (χ1v) is 7.81. The molecule has 4 heteroatoms. The van der Waals surface area contributed by atoms with Gasteiger partial charge in [-0.2, -0.15) is 0 Å². The van der Waals surface area contributed by atoms with Crippen LogP contribution in [0.5, 0.6) is 0 Å². The molecular formula is C19H22FNO2. The number of carbonyl (C=O) groups excluding carboxylic acids is 1. The highest BCUT2D eigenvalue weighted by Crippen LogP contribution is 2.16. The largest absolute Gasteiger partial charge is 0.388 e. The molecule has 0 aliphatic heterocycles. The van der Waals surface area contributed by atoms with E-state index in [0.717, 1.165) is 0 Å². The predicted octanol–water partition coefficient (Wildman–Crippen LogP) is 3.31. The third-order valence-corrected chi connectivity index (χ3v) is 3.88. The van der Waals surface area contributed by atoms with Crippen LogP contribution in [0.25, 0.3) is 0 Å². The Bertz CT molecular complexity index is 640. The summed E-state index contributed by atoms with van der Waals surface area (Å²) in [6.45, 7) is 2.43. The molecule has 0 saturated carbocycles. The number of benzene rings is 2. The van der Waals surface area contributed by atoms with E-state index in [1.54, 1.807) is 12.1 Å². The standard InChI is InChI=1S/C19H22FNO2/c1-14-4-2-3-5-15(14)8-11-19(23)21-13-12-18(22)16-6-9-17(20)10-7-16/h2-7,9-10,18,22H,8,11-13H2,1H3,(H,21,23). The minimum Gasteiger partial charge on any atom is -0.388 e. The molecule has 0 aliphatic carbocycles. The number of aryl methyl sites for hydroxylation is 2. The van der Waals surface area contributed by atoms with Crippen molar-refractivity contribution in [2.75, 3.05) is 6.54 Å². The number of rotatable bonds is 7. The molecule has 0 saturated heterocycles. The highest BCUT2D eigenvalue weighted by Gasteiger charge is 2.09. The van der Waals surface area contributed by atoms with Crippen molar-refractivity contribution < 1.29 is 14.3 Å². The molecule has 0 aliphatic rings. The summed E-state index contributed by atoms with van der Waals surface area (Å²) in [5, 5.41) is 12.8. The second kappa shape index (κ2) is 8.44. The number of hydrogen-bond acceptors (Lipinski definition) is 2. The van der Waals surface area contributed by atoms with Crippen LogP contribution in [0.1, 0.15) is 35.6 Å². The van der Waals surface area contributed by atoms with Gasteiger partial charge in [-0.1, -0.05) is 36.4 Å². The van der Waals surface area contributed by atoms with Crippen molar-refractivity contribution in [3.05, 3.63) is 71.0 Å². The van der Waals surface area contributed by atoms with Crippen LogP contribution in [0.15, 0.2) is 48.5 Å². The Kier molecular flexibility index (Phi) is 6.29. The molecule has 0 radical (unpaired) electrons. The topological polar surface area (TPSA) is 49.3 Å². The van der Waals surface area contributed by atoms with E-state index in [0.29, 0.717) is 31.4 Å². The van der Waals surface area contributed by atoms with Gasteiger partial charge >= 0.3 is 0 Å².